The molecule has 0 fully saturated rings. The summed E-state index contributed by atoms with van der Waals surface area (Å²) < 4.78 is 9.85. The van der Waals surface area contributed by atoms with E-state index in [0.717, 1.165) is 11.3 Å². The van der Waals surface area contributed by atoms with Crippen molar-refractivity contribution < 1.29 is 14.3 Å². The number of hydrogen-bond acceptors (Lipinski definition) is 3. The maximum atomic E-state index is 10.5. The molecule has 1 aromatic rings. The average Bonchev–Trinajstić information content (AvgIpc) is 2.15. The van der Waals surface area contributed by atoms with Gasteiger partial charge in [0.25, 0.3) is 0 Å². The number of carbonyl (C=O) groups is 1. The van der Waals surface area contributed by atoms with Crippen LogP contribution in [0.1, 0.15) is 12.5 Å². The summed E-state index contributed by atoms with van der Waals surface area (Å²) in [5.74, 6) is 0.493. The maximum Gasteiger partial charge on any atom is 0.302 e. The molecule has 0 heterocycles. The van der Waals surface area contributed by atoms with Gasteiger partial charge in [-0.05, 0) is 17.7 Å². The lowest BCUT2D eigenvalue weighted by molar-refractivity contribution is -0.142. The number of rotatable bonds is 3. The Hall–Kier alpha value is -1.51. The predicted molar refractivity (Wildman–Crippen MR) is 48.5 cm³/mol. The largest absolute Gasteiger partial charge is 0.497 e. The second kappa shape index (κ2) is 4.50. The molecule has 0 aliphatic carbocycles. The minimum absolute atomic E-state index is 0.275. The smallest absolute Gasteiger partial charge is 0.302 e. The number of ether oxygens (including phenoxy) is 2. The lowest BCUT2D eigenvalue weighted by Gasteiger charge is -2.04. The first-order chi connectivity index (χ1) is 6.22. The molecule has 0 aromatic heterocycles. The highest BCUT2D eigenvalue weighted by Crippen LogP contribution is 2.12. The molecule has 1 rings (SSSR count). The number of hydrogen-bond donors (Lipinski definition) is 0. The Kier molecular flexibility index (Phi) is 3.31. The van der Waals surface area contributed by atoms with E-state index in [9.17, 15) is 4.79 Å². The van der Waals surface area contributed by atoms with E-state index < -0.39 is 0 Å². The topological polar surface area (TPSA) is 35.5 Å². The molecule has 70 valence electrons. The minimum Gasteiger partial charge on any atom is -0.497 e. The zero-order chi connectivity index (χ0) is 9.68. The van der Waals surface area contributed by atoms with Gasteiger partial charge in [-0.1, -0.05) is 12.1 Å². The zero-order valence-corrected chi connectivity index (χ0v) is 7.74. The van der Waals surface area contributed by atoms with Crippen LogP contribution in [0.2, 0.25) is 0 Å². The van der Waals surface area contributed by atoms with Gasteiger partial charge in [0.1, 0.15) is 12.4 Å². The Bertz CT molecular complexity index is 294. The predicted octanol–water partition coefficient (Wildman–Crippen LogP) is 1.76. The number of benzene rings is 1. The Balaban J connectivity index is 2.61. The summed E-state index contributed by atoms with van der Waals surface area (Å²) in [6.45, 7) is 1.69. The van der Waals surface area contributed by atoms with Crippen molar-refractivity contribution in [3.05, 3.63) is 29.8 Å². The molecule has 0 aliphatic heterocycles. The molecule has 3 heteroatoms. The van der Waals surface area contributed by atoms with E-state index in [1.807, 2.05) is 24.3 Å². The van der Waals surface area contributed by atoms with Gasteiger partial charge in [-0.15, -0.1) is 0 Å². The van der Waals surface area contributed by atoms with Crippen molar-refractivity contribution in [2.75, 3.05) is 7.11 Å². The Morgan fingerprint density at radius 3 is 2.85 bits per heavy atom. The summed E-state index contributed by atoms with van der Waals surface area (Å²) in [4.78, 5) is 10.5. The summed E-state index contributed by atoms with van der Waals surface area (Å²) in [5.41, 5.74) is 0.926. The Labute approximate surface area is 77.3 Å². The molecule has 1 aromatic carbocycles. The molecule has 0 spiro atoms. The highest BCUT2D eigenvalue weighted by atomic mass is 16.5. The van der Waals surface area contributed by atoms with Crippen molar-refractivity contribution in [2.45, 2.75) is 13.5 Å². The van der Waals surface area contributed by atoms with Gasteiger partial charge >= 0.3 is 5.97 Å². The first-order valence-corrected chi connectivity index (χ1v) is 3.98. The second-order valence-corrected chi connectivity index (χ2v) is 2.63. The van der Waals surface area contributed by atoms with Crippen molar-refractivity contribution >= 4 is 5.97 Å². The van der Waals surface area contributed by atoms with Gasteiger partial charge < -0.3 is 9.47 Å². The number of esters is 1. The quantitative estimate of drug-likeness (QED) is 0.665. The molecule has 0 bridgehead atoms. The van der Waals surface area contributed by atoms with Gasteiger partial charge in [0.15, 0.2) is 0 Å². The lowest BCUT2D eigenvalue weighted by Crippen LogP contribution is -1.98. The molecular weight excluding hydrogens is 168 g/mol. The molecule has 0 radical (unpaired) electrons. The Morgan fingerprint density at radius 1 is 1.46 bits per heavy atom. The fourth-order valence-corrected chi connectivity index (χ4v) is 0.947. The van der Waals surface area contributed by atoms with Crippen LogP contribution in [0.5, 0.6) is 5.75 Å². The third kappa shape index (κ3) is 3.15. The van der Waals surface area contributed by atoms with Crippen LogP contribution in [0.15, 0.2) is 24.3 Å². The molecule has 0 aliphatic rings. The van der Waals surface area contributed by atoms with Gasteiger partial charge in [-0.2, -0.15) is 0 Å². The maximum absolute atomic E-state index is 10.5. The summed E-state index contributed by atoms with van der Waals surface area (Å²) in [5, 5.41) is 0. The van der Waals surface area contributed by atoms with Crippen LogP contribution in [-0.4, -0.2) is 13.1 Å². The summed E-state index contributed by atoms with van der Waals surface area (Å²) >= 11 is 0. The molecule has 3 nitrogen and oxygen atoms in total. The van der Waals surface area contributed by atoms with Gasteiger partial charge in [-0.25, -0.2) is 0 Å². The van der Waals surface area contributed by atoms with E-state index >= 15 is 0 Å². The zero-order valence-electron chi connectivity index (χ0n) is 7.74. The highest BCUT2D eigenvalue weighted by Gasteiger charge is 1.97. The minimum atomic E-state index is -0.275. The van der Waals surface area contributed by atoms with E-state index in [4.69, 9.17) is 9.47 Å². The molecule has 0 amide bonds. The van der Waals surface area contributed by atoms with E-state index in [0.29, 0.717) is 6.61 Å². The third-order valence-corrected chi connectivity index (χ3v) is 1.58. The van der Waals surface area contributed by atoms with Gasteiger partial charge in [-0.3, -0.25) is 4.79 Å². The van der Waals surface area contributed by atoms with Gasteiger partial charge in [0, 0.05) is 6.92 Å². The van der Waals surface area contributed by atoms with Crippen molar-refractivity contribution in [1.29, 1.82) is 0 Å². The molecule has 0 atom stereocenters. The fourth-order valence-electron chi connectivity index (χ4n) is 0.947. The number of methoxy groups -OCH3 is 1. The normalized spacial score (nSPS) is 9.38. The molecule has 0 saturated carbocycles. The second-order valence-electron chi connectivity index (χ2n) is 2.63. The van der Waals surface area contributed by atoms with Crippen molar-refractivity contribution in [2.24, 2.45) is 0 Å². The molecule has 0 unspecified atom stereocenters. The van der Waals surface area contributed by atoms with Crippen LogP contribution in [0, 0.1) is 0 Å². The number of carbonyl (C=O) groups excluding carboxylic acids is 1. The van der Waals surface area contributed by atoms with Crippen LogP contribution >= 0.6 is 0 Å². The van der Waals surface area contributed by atoms with Crippen LogP contribution in [0.25, 0.3) is 0 Å². The molecule has 0 saturated heterocycles. The molecule has 0 N–H and O–H groups in total. The van der Waals surface area contributed by atoms with Crippen LogP contribution in [-0.2, 0) is 16.1 Å². The lowest BCUT2D eigenvalue weighted by atomic mass is 10.2. The monoisotopic (exact) mass is 180 g/mol. The van der Waals surface area contributed by atoms with Crippen LogP contribution in [0.4, 0.5) is 0 Å². The average molecular weight is 180 g/mol. The summed E-state index contributed by atoms with van der Waals surface area (Å²) in [7, 11) is 1.60. The highest BCUT2D eigenvalue weighted by molar-refractivity contribution is 5.65. The SMILES string of the molecule is COc1cccc(COC(C)=O)c1. The van der Waals surface area contributed by atoms with E-state index in [1.54, 1.807) is 7.11 Å². The van der Waals surface area contributed by atoms with Crippen molar-refractivity contribution in [1.82, 2.24) is 0 Å². The first-order valence-electron chi connectivity index (χ1n) is 3.98. The van der Waals surface area contributed by atoms with E-state index in [1.165, 1.54) is 6.92 Å². The standard InChI is InChI=1S/C10H12O3/c1-8(11)13-7-9-4-3-5-10(6-9)12-2/h3-6H,7H2,1-2H3. The van der Waals surface area contributed by atoms with Crippen LogP contribution in [0.3, 0.4) is 0 Å². The van der Waals surface area contributed by atoms with Crippen molar-refractivity contribution in [3.8, 4) is 5.75 Å². The van der Waals surface area contributed by atoms with Gasteiger partial charge in [0.2, 0.25) is 0 Å². The van der Waals surface area contributed by atoms with E-state index in [2.05, 4.69) is 0 Å². The summed E-state index contributed by atoms with van der Waals surface area (Å²) in [6.07, 6.45) is 0. The first kappa shape index (κ1) is 9.58. The fraction of sp³-hybridized carbons (Fsp3) is 0.300. The van der Waals surface area contributed by atoms with Crippen LogP contribution < -0.4 is 4.74 Å². The summed E-state index contributed by atoms with van der Waals surface area (Å²) in [6, 6.07) is 7.42. The van der Waals surface area contributed by atoms with E-state index in [-0.39, 0.29) is 5.97 Å². The molecular formula is C10H12O3. The van der Waals surface area contributed by atoms with Gasteiger partial charge in [0.05, 0.1) is 7.11 Å². The third-order valence-electron chi connectivity index (χ3n) is 1.58. The molecule has 13 heavy (non-hydrogen) atoms. The van der Waals surface area contributed by atoms with Crippen molar-refractivity contribution in [3.63, 3.8) is 0 Å². The Morgan fingerprint density at radius 2 is 2.23 bits per heavy atom.